The molecule has 0 radical (unpaired) electrons. The molecule has 3 rings (SSSR count). The Morgan fingerprint density at radius 2 is 1.90 bits per heavy atom. The number of hydrogen-bond acceptors (Lipinski definition) is 6. The molecule has 0 aliphatic carbocycles. The minimum atomic E-state index is -0.157. The van der Waals surface area contributed by atoms with Gasteiger partial charge in [-0.2, -0.15) is 0 Å². The number of anilines is 1. The van der Waals surface area contributed by atoms with Gasteiger partial charge >= 0.3 is 0 Å². The summed E-state index contributed by atoms with van der Waals surface area (Å²) in [5.41, 5.74) is 1.53. The summed E-state index contributed by atoms with van der Waals surface area (Å²) in [5, 5.41) is 0. The summed E-state index contributed by atoms with van der Waals surface area (Å²) in [6.45, 7) is 6.54. The summed E-state index contributed by atoms with van der Waals surface area (Å²) >= 11 is 6.71. The van der Waals surface area contributed by atoms with Crippen LogP contribution in [0.3, 0.4) is 0 Å². The van der Waals surface area contributed by atoms with Crippen LogP contribution in [0, 0.1) is 0 Å². The van der Waals surface area contributed by atoms with Gasteiger partial charge < -0.3 is 14.2 Å². The third-order valence-electron chi connectivity index (χ3n) is 4.04. The minimum absolute atomic E-state index is 0.157. The van der Waals surface area contributed by atoms with E-state index in [0.717, 1.165) is 11.3 Å². The van der Waals surface area contributed by atoms with Gasteiger partial charge in [0.1, 0.15) is 12.4 Å². The van der Waals surface area contributed by atoms with Crippen molar-refractivity contribution in [3.8, 4) is 17.2 Å². The number of amides is 1. The number of carbonyl (C=O) groups is 1. The first-order valence-corrected chi connectivity index (χ1v) is 10.2. The number of rotatable bonds is 8. The number of hydrogen-bond donors (Lipinski definition) is 0. The molecule has 0 aromatic heterocycles. The smallest absolute Gasteiger partial charge is 0.270 e. The predicted molar refractivity (Wildman–Crippen MR) is 122 cm³/mol. The van der Waals surface area contributed by atoms with Gasteiger partial charge in [-0.3, -0.25) is 9.69 Å². The zero-order valence-electron chi connectivity index (χ0n) is 16.2. The molecule has 1 aliphatic rings. The summed E-state index contributed by atoms with van der Waals surface area (Å²) in [6.07, 6.45) is 3.47. The SMILES string of the molecule is C=CCOc1ccc(/C=C2/SC(=S)N(c3ccc(OCC)cc3)C2=O)cc1OC. The number of nitrogens with zero attached hydrogens (tertiary/aromatic N) is 1. The summed E-state index contributed by atoms with van der Waals surface area (Å²) in [4.78, 5) is 15.0. The fourth-order valence-electron chi connectivity index (χ4n) is 2.74. The van der Waals surface area contributed by atoms with Crippen LogP contribution < -0.4 is 19.1 Å². The van der Waals surface area contributed by atoms with Crippen molar-refractivity contribution in [3.05, 3.63) is 65.6 Å². The van der Waals surface area contributed by atoms with Crippen molar-refractivity contribution in [2.24, 2.45) is 0 Å². The highest BCUT2D eigenvalue weighted by Gasteiger charge is 2.33. The predicted octanol–water partition coefficient (Wildman–Crippen LogP) is 5.06. The van der Waals surface area contributed by atoms with Crippen molar-refractivity contribution >= 4 is 46.0 Å². The highest BCUT2D eigenvalue weighted by Crippen LogP contribution is 2.37. The van der Waals surface area contributed by atoms with Crippen LogP contribution in [0.5, 0.6) is 17.2 Å². The quantitative estimate of drug-likeness (QED) is 0.333. The van der Waals surface area contributed by atoms with Gasteiger partial charge in [-0.05, 0) is 55.0 Å². The van der Waals surface area contributed by atoms with Crippen LogP contribution in [0.1, 0.15) is 12.5 Å². The molecule has 150 valence electrons. The van der Waals surface area contributed by atoms with E-state index in [1.807, 2.05) is 43.3 Å². The summed E-state index contributed by atoms with van der Waals surface area (Å²) in [6, 6.07) is 12.8. The second-order valence-corrected chi connectivity index (χ2v) is 7.63. The molecule has 1 heterocycles. The average Bonchev–Trinajstić information content (AvgIpc) is 3.00. The number of thioether (sulfide) groups is 1. The number of benzene rings is 2. The number of thiocarbonyl (C=S) groups is 1. The Balaban J connectivity index is 1.83. The molecule has 1 amide bonds. The standard InChI is InChI=1S/C22H21NO4S2/c1-4-12-27-18-11-6-15(13-19(18)25-3)14-20-21(24)23(22(28)29-20)16-7-9-17(10-8-16)26-5-2/h4,6-11,13-14H,1,5,12H2,2-3H3/b20-14+. The molecule has 1 saturated heterocycles. The second kappa shape index (κ2) is 9.62. The van der Waals surface area contributed by atoms with Gasteiger partial charge in [-0.1, -0.05) is 42.7 Å². The van der Waals surface area contributed by atoms with Gasteiger partial charge in [-0.15, -0.1) is 0 Å². The van der Waals surface area contributed by atoms with E-state index in [4.69, 9.17) is 26.4 Å². The summed E-state index contributed by atoms with van der Waals surface area (Å²) in [7, 11) is 1.57. The molecular formula is C22H21NO4S2. The van der Waals surface area contributed by atoms with Crippen LogP contribution in [0.25, 0.3) is 6.08 Å². The fourth-order valence-corrected chi connectivity index (χ4v) is 4.04. The molecule has 5 nitrogen and oxygen atoms in total. The molecule has 1 aliphatic heterocycles. The third-order valence-corrected chi connectivity index (χ3v) is 5.34. The lowest BCUT2D eigenvalue weighted by molar-refractivity contribution is -0.113. The van der Waals surface area contributed by atoms with Crippen molar-refractivity contribution in [3.63, 3.8) is 0 Å². The lowest BCUT2D eigenvalue weighted by Crippen LogP contribution is -2.27. The van der Waals surface area contributed by atoms with E-state index in [0.29, 0.717) is 39.6 Å². The maximum Gasteiger partial charge on any atom is 0.270 e. The number of carbonyl (C=O) groups excluding carboxylic acids is 1. The van der Waals surface area contributed by atoms with Crippen LogP contribution in [-0.4, -0.2) is 30.6 Å². The molecule has 0 saturated carbocycles. The van der Waals surface area contributed by atoms with Crippen LogP contribution in [-0.2, 0) is 4.79 Å². The zero-order chi connectivity index (χ0) is 20.8. The Labute approximate surface area is 179 Å². The molecule has 0 N–H and O–H groups in total. The summed E-state index contributed by atoms with van der Waals surface area (Å²) < 4.78 is 16.9. The maximum atomic E-state index is 12.9. The van der Waals surface area contributed by atoms with Gasteiger partial charge in [0.2, 0.25) is 0 Å². The zero-order valence-corrected chi connectivity index (χ0v) is 17.8. The topological polar surface area (TPSA) is 48.0 Å². The molecule has 29 heavy (non-hydrogen) atoms. The van der Waals surface area contributed by atoms with Gasteiger partial charge in [0, 0.05) is 0 Å². The van der Waals surface area contributed by atoms with Crippen LogP contribution >= 0.6 is 24.0 Å². The first kappa shape index (κ1) is 21.0. The highest BCUT2D eigenvalue weighted by atomic mass is 32.2. The van der Waals surface area contributed by atoms with Crippen molar-refractivity contribution < 1.29 is 19.0 Å². The molecule has 2 aromatic carbocycles. The summed E-state index contributed by atoms with van der Waals surface area (Å²) in [5.74, 6) is 1.80. The van der Waals surface area contributed by atoms with Crippen LogP contribution in [0.4, 0.5) is 5.69 Å². The molecule has 0 spiro atoms. The van der Waals surface area contributed by atoms with Gasteiger partial charge in [0.05, 0.1) is 24.3 Å². The van der Waals surface area contributed by atoms with Gasteiger partial charge in [-0.25, -0.2) is 0 Å². The molecule has 1 fully saturated rings. The van der Waals surface area contributed by atoms with E-state index in [9.17, 15) is 4.79 Å². The second-order valence-electron chi connectivity index (χ2n) is 5.95. The Hall–Kier alpha value is -2.77. The van der Waals surface area contributed by atoms with Crippen molar-refractivity contribution in [2.45, 2.75) is 6.92 Å². The first-order valence-electron chi connectivity index (χ1n) is 9.00. The monoisotopic (exact) mass is 427 g/mol. The van der Waals surface area contributed by atoms with E-state index < -0.39 is 0 Å². The Kier molecular flexibility index (Phi) is 6.95. The van der Waals surface area contributed by atoms with Crippen molar-refractivity contribution in [2.75, 3.05) is 25.2 Å². The van der Waals surface area contributed by atoms with Crippen molar-refractivity contribution in [1.29, 1.82) is 0 Å². The molecule has 0 unspecified atom stereocenters. The van der Waals surface area contributed by atoms with Crippen LogP contribution in [0.2, 0.25) is 0 Å². The molecule has 2 aromatic rings. The van der Waals surface area contributed by atoms with E-state index in [1.54, 1.807) is 25.3 Å². The Bertz CT molecular complexity index is 954. The molecule has 0 bridgehead atoms. The molecule has 7 heteroatoms. The molecular weight excluding hydrogens is 406 g/mol. The van der Waals surface area contributed by atoms with Gasteiger partial charge in [0.25, 0.3) is 5.91 Å². The van der Waals surface area contributed by atoms with E-state index in [2.05, 4.69) is 6.58 Å². The lowest BCUT2D eigenvalue weighted by Gasteiger charge is -2.15. The lowest BCUT2D eigenvalue weighted by atomic mass is 10.2. The fraction of sp³-hybridized carbons (Fsp3) is 0.182. The first-order chi connectivity index (χ1) is 14.1. The normalized spacial score (nSPS) is 15.0. The van der Waals surface area contributed by atoms with E-state index >= 15 is 0 Å². The third kappa shape index (κ3) is 4.81. The van der Waals surface area contributed by atoms with E-state index in [1.165, 1.54) is 16.7 Å². The van der Waals surface area contributed by atoms with Gasteiger partial charge in [0.15, 0.2) is 15.8 Å². The van der Waals surface area contributed by atoms with Crippen molar-refractivity contribution in [1.82, 2.24) is 0 Å². The highest BCUT2D eigenvalue weighted by molar-refractivity contribution is 8.27. The Morgan fingerprint density at radius 1 is 1.14 bits per heavy atom. The largest absolute Gasteiger partial charge is 0.494 e. The number of ether oxygens (including phenoxy) is 3. The Morgan fingerprint density at radius 3 is 2.55 bits per heavy atom. The number of methoxy groups -OCH3 is 1. The van der Waals surface area contributed by atoms with Crippen LogP contribution in [0.15, 0.2) is 60.0 Å². The minimum Gasteiger partial charge on any atom is -0.494 e. The molecule has 0 atom stereocenters. The average molecular weight is 428 g/mol. The maximum absolute atomic E-state index is 12.9. The van der Waals surface area contributed by atoms with E-state index in [-0.39, 0.29) is 5.91 Å².